The number of carbonyl (C=O) groups excluding carboxylic acids is 3. The lowest BCUT2D eigenvalue weighted by Gasteiger charge is -2.37. The van der Waals surface area contributed by atoms with E-state index in [-0.39, 0.29) is 35.6 Å². The molecule has 0 saturated carbocycles. The minimum atomic E-state index is -0.210. The normalized spacial score (nSPS) is 26.4. The van der Waals surface area contributed by atoms with Crippen molar-refractivity contribution in [3.05, 3.63) is 46.5 Å². The van der Waals surface area contributed by atoms with Crippen molar-refractivity contribution in [1.82, 2.24) is 9.80 Å². The third-order valence-electron chi connectivity index (χ3n) is 6.76. The summed E-state index contributed by atoms with van der Waals surface area (Å²) in [6.45, 7) is 10.2. The first-order chi connectivity index (χ1) is 13.5. The molecule has 1 aromatic rings. The van der Waals surface area contributed by atoms with Crippen LogP contribution in [0.15, 0.2) is 35.4 Å². The summed E-state index contributed by atoms with van der Waals surface area (Å²) in [5.41, 5.74) is 2.01. The molecule has 0 radical (unpaired) electrons. The van der Waals surface area contributed by atoms with Crippen LogP contribution in [0.5, 0.6) is 0 Å². The maximum atomic E-state index is 13.3. The van der Waals surface area contributed by atoms with Gasteiger partial charge in [0.25, 0.3) is 0 Å². The molecule has 0 spiro atoms. The van der Waals surface area contributed by atoms with Gasteiger partial charge in [-0.1, -0.05) is 38.1 Å². The van der Waals surface area contributed by atoms with E-state index in [0.29, 0.717) is 22.3 Å². The molecule has 148 valence electrons. The van der Waals surface area contributed by atoms with Gasteiger partial charge in [-0.25, -0.2) is 0 Å². The van der Waals surface area contributed by atoms with Gasteiger partial charge in [0.15, 0.2) is 11.6 Å². The van der Waals surface area contributed by atoms with E-state index in [4.69, 9.17) is 0 Å². The Kier molecular flexibility index (Phi) is 5.30. The molecule has 4 rings (SSSR count). The van der Waals surface area contributed by atoms with Gasteiger partial charge in [-0.3, -0.25) is 14.4 Å². The van der Waals surface area contributed by atoms with Crippen molar-refractivity contribution in [2.45, 2.75) is 26.7 Å². The average molecular weight is 380 g/mol. The van der Waals surface area contributed by atoms with E-state index in [1.807, 2.05) is 6.92 Å². The number of allylic oxidation sites excluding steroid dienone is 2. The second-order valence-electron chi connectivity index (χ2n) is 8.20. The van der Waals surface area contributed by atoms with E-state index in [1.165, 1.54) is 0 Å². The largest absolute Gasteiger partial charge is 0.301 e. The Morgan fingerprint density at radius 2 is 1.54 bits per heavy atom. The van der Waals surface area contributed by atoms with Gasteiger partial charge in [0.2, 0.25) is 0 Å². The highest BCUT2D eigenvalue weighted by Gasteiger charge is 2.43. The molecule has 1 aliphatic heterocycles. The van der Waals surface area contributed by atoms with Crippen molar-refractivity contribution in [1.29, 1.82) is 0 Å². The number of ketones is 3. The lowest BCUT2D eigenvalue weighted by atomic mass is 9.67. The minimum absolute atomic E-state index is 0.0506. The van der Waals surface area contributed by atoms with E-state index in [0.717, 1.165) is 45.7 Å². The summed E-state index contributed by atoms with van der Waals surface area (Å²) in [5.74, 6) is -0.472. The van der Waals surface area contributed by atoms with Crippen LogP contribution < -0.4 is 0 Å². The van der Waals surface area contributed by atoms with Crippen LogP contribution in [0.25, 0.3) is 0 Å². The Morgan fingerprint density at radius 3 is 2.18 bits per heavy atom. The summed E-state index contributed by atoms with van der Waals surface area (Å²) in [6, 6.07) is 7.01. The molecule has 1 saturated heterocycles. The number of nitrogens with zero attached hydrogens (tertiary/aromatic N) is 2. The first-order valence-electron chi connectivity index (χ1n) is 10.4. The van der Waals surface area contributed by atoms with Gasteiger partial charge in [0.05, 0.1) is 0 Å². The second-order valence-corrected chi connectivity index (χ2v) is 8.20. The van der Waals surface area contributed by atoms with Gasteiger partial charge in [-0.15, -0.1) is 0 Å². The number of carbonyl (C=O) groups is 3. The Morgan fingerprint density at radius 1 is 0.929 bits per heavy atom. The standard InChI is InChI=1S/C23H28N2O3/c1-3-24-10-12-25(13-11-24)9-8-16-15(2)20(26)14-19-21(16)23(28)18-7-5-4-6-17(18)22(19)27/h4-7,15-16H,3,8-14H2,1-2H3. The zero-order chi connectivity index (χ0) is 19.8. The fourth-order valence-electron chi connectivity index (χ4n) is 4.87. The van der Waals surface area contributed by atoms with E-state index in [2.05, 4.69) is 16.7 Å². The third-order valence-corrected chi connectivity index (χ3v) is 6.76. The number of hydrogen-bond acceptors (Lipinski definition) is 5. The SMILES string of the molecule is CCN1CCN(CCC2C3=C(CC(=O)C2C)C(=O)c2ccccc2C3=O)CC1. The van der Waals surface area contributed by atoms with E-state index in [9.17, 15) is 14.4 Å². The van der Waals surface area contributed by atoms with Crippen LogP contribution in [0, 0.1) is 11.8 Å². The molecule has 1 aromatic carbocycles. The van der Waals surface area contributed by atoms with Crippen LogP contribution in [0.4, 0.5) is 0 Å². The topological polar surface area (TPSA) is 57.7 Å². The zero-order valence-electron chi connectivity index (χ0n) is 16.7. The summed E-state index contributed by atoms with van der Waals surface area (Å²) < 4.78 is 0. The number of likely N-dealkylation sites (N-methyl/N-ethyl adjacent to an activating group) is 1. The minimum Gasteiger partial charge on any atom is -0.301 e. The number of benzene rings is 1. The summed E-state index contributed by atoms with van der Waals surface area (Å²) in [4.78, 5) is 43.7. The van der Waals surface area contributed by atoms with E-state index >= 15 is 0 Å². The highest BCUT2D eigenvalue weighted by Crippen LogP contribution is 2.41. The maximum Gasteiger partial charge on any atom is 0.190 e. The Balaban J connectivity index is 1.58. The summed E-state index contributed by atoms with van der Waals surface area (Å²) >= 11 is 0. The number of piperazine rings is 1. The van der Waals surface area contributed by atoms with Crippen molar-refractivity contribution in [2.75, 3.05) is 39.3 Å². The Labute approximate surface area is 166 Å². The molecule has 1 fully saturated rings. The number of Topliss-reactive ketones (excluding diaryl/α,β-unsaturated/α-hetero) is 3. The molecule has 0 N–H and O–H groups in total. The van der Waals surface area contributed by atoms with Crippen LogP contribution in [0.3, 0.4) is 0 Å². The van der Waals surface area contributed by atoms with Crippen LogP contribution in [-0.4, -0.2) is 66.4 Å². The van der Waals surface area contributed by atoms with Crippen molar-refractivity contribution in [3.63, 3.8) is 0 Å². The summed E-state index contributed by atoms with van der Waals surface area (Å²) in [7, 11) is 0. The highest BCUT2D eigenvalue weighted by molar-refractivity contribution is 6.28. The predicted molar refractivity (Wildman–Crippen MR) is 108 cm³/mol. The van der Waals surface area contributed by atoms with Crippen molar-refractivity contribution in [3.8, 4) is 0 Å². The molecular weight excluding hydrogens is 352 g/mol. The summed E-state index contributed by atoms with van der Waals surface area (Å²) in [6.07, 6.45) is 0.847. The molecular formula is C23H28N2O3. The molecule has 5 nitrogen and oxygen atoms in total. The molecule has 0 bridgehead atoms. The van der Waals surface area contributed by atoms with Crippen LogP contribution >= 0.6 is 0 Å². The van der Waals surface area contributed by atoms with Gasteiger partial charge in [0.1, 0.15) is 5.78 Å². The molecule has 1 heterocycles. The first-order valence-corrected chi connectivity index (χ1v) is 10.4. The van der Waals surface area contributed by atoms with Gasteiger partial charge in [-0.2, -0.15) is 0 Å². The highest BCUT2D eigenvalue weighted by atomic mass is 16.1. The second kappa shape index (κ2) is 7.72. The monoisotopic (exact) mass is 380 g/mol. The average Bonchev–Trinajstić information content (AvgIpc) is 2.73. The maximum absolute atomic E-state index is 13.3. The fourth-order valence-corrected chi connectivity index (χ4v) is 4.87. The van der Waals surface area contributed by atoms with Gasteiger partial charge in [0, 0.05) is 60.8 Å². The van der Waals surface area contributed by atoms with E-state index < -0.39 is 0 Å². The third kappa shape index (κ3) is 3.27. The van der Waals surface area contributed by atoms with Crippen LogP contribution in [0.1, 0.15) is 47.4 Å². The number of rotatable bonds is 4. The predicted octanol–water partition coefficient (Wildman–Crippen LogP) is 2.61. The molecule has 3 aliphatic rings. The lowest BCUT2D eigenvalue weighted by molar-refractivity contribution is -0.123. The molecule has 0 amide bonds. The first kappa shape index (κ1) is 19.2. The fraction of sp³-hybridized carbons (Fsp3) is 0.522. The quantitative estimate of drug-likeness (QED) is 0.804. The Hall–Kier alpha value is -2.11. The molecule has 2 aliphatic carbocycles. The zero-order valence-corrected chi connectivity index (χ0v) is 16.7. The Bertz CT molecular complexity index is 849. The summed E-state index contributed by atoms with van der Waals surface area (Å²) in [5, 5.41) is 0. The smallest absolute Gasteiger partial charge is 0.190 e. The van der Waals surface area contributed by atoms with Crippen molar-refractivity contribution >= 4 is 17.3 Å². The van der Waals surface area contributed by atoms with E-state index in [1.54, 1.807) is 24.3 Å². The molecule has 2 atom stereocenters. The van der Waals surface area contributed by atoms with Crippen molar-refractivity contribution in [2.24, 2.45) is 11.8 Å². The molecule has 5 heteroatoms. The number of fused-ring (bicyclic) bond motifs is 1. The van der Waals surface area contributed by atoms with Crippen LogP contribution in [-0.2, 0) is 4.79 Å². The van der Waals surface area contributed by atoms with Crippen molar-refractivity contribution < 1.29 is 14.4 Å². The molecule has 2 unspecified atom stereocenters. The van der Waals surface area contributed by atoms with Crippen LogP contribution in [0.2, 0.25) is 0 Å². The van der Waals surface area contributed by atoms with Gasteiger partial charge < -0.3 is 9.80 Å². The molecule has 28 heavy (non-hydrogen) atoms. The molecule has 0 aromatic heterocycles. The number of hydrogen-bond donors (Lipinski definition) is 0. The van der Waals surface area contributed by atoms with Gasteiger partial charge >= 0.3 is 0 Å². The van der Waals surface area contributed by atoms with Gasteiger partial charge in [-0.05, 0) is 25.4 Å². The lowest BCUT2D eigenvalue weighted by Crippen LogP contribution is -2.47.